The van der Waals surface area contributed by atoms with E-state index in [-0.39, 0.29) is 5.41 Å². The Morgan fingerprint density at radius 3 is 2.89 bits per heavy atom. The van der Waals surface area contributed by atoms with Crippen LogP contribution < -0.4 is 0 Å². The molecule has 1 aromatic rings. The monoisotopic (exact) mass is 252 g/mol. The van der Waals surface area contributed by atoms with Gasteiger partial charge in [0.05, 0.1) is 5.41 Å². The molecule has 0 aliphatic heterocycles. The molecule has 0 heterocycles. The lowest BCUT2D eigenvalue weighted by Crippen LogP contribution is -2.43. The van der Waals surface area contributed by atoms with Gasteiger partial charge in [0.15, 0.2) is 0 Å². The summed E-state index contributed by atoms with van der Waals surface area (Å²) >= 11 is 0. The van der Waals surface area contributed by atoms with Gasteiger partial charge in [-0.25, -0.2) is 0 Å². The van der Waals surface area contributed by atoms with Crippen molar-refractivity contribution in [2.75, 3.05) is 0 Å². The van der Waals surface area contributed by atoms with Crippen molar-refractivity contribution in [3.63, 3.8) is 0 Å². The van der Waals surface area contributed by atoms with Crippen molar-refractivity contribution in [1.82, 2.24) is 0 Å². The SMILES string of the molecule is CCc1ccc2c(c1)C1(CC3=CCC1C3)C(=O)CC2. The van der Waals surface area contributed by atoms with Gasteiger partial charge in [0, 0.05) is 6.42 Å². The average molecular weight is 252 g/mol. The van der Waals surface area contributed by atoms with Gasteiger partial charge in [-0.1, -0.05) is 36.8 Å². The Morgan fingerprint density at radius 1 is 1.32 bits per heavy atom. The summed E-state index contributed by atoms with van der Waals surface area (Å²) in [6.45, 7) is 2.20. The lowest BCUT2D eigenvalue weighted by atomic mass is 9.61. The molecule has 1 spiro atoms. The van der Waals surface area contributed by atoms with Gasteiger partial charge in [0.1, 0.15) is 5.78 Å². The van der Waals surface area contributed by atoms with Crippen molar-refractivity contribution in [2.24, 2.45) is 5.92 Å². The molecular formula is C18H20O. The molecule has 2 bridgehead atoms. The maximum absolute atomic E-state index is 12.7. The molecule has 1 aromatic carbocycles. The van der Waals surface area contributed by atoms with Crippen LogP contribution in [0.15, 0.2) is 29.8 Å². The number of ketones is 1. The Hall–Kier alpha value is -1.37. The lowest BCUT2D eigenvalue weighted by Gasteiger charge is -2.40. The summed E-state index contributed by atoms with van der Waals surface area (Å²) in [4.78, 5) is 12.7. The molecule has 4 rings (SSSR count). The van der Waals surface area contributed by atoms with E-state index >= 15 is 0 Å². The van der Waals surface area contributed by atoms with Crippen molar-refractivity contribution in [3.05, 3.63) is 46.5 Å². The van der Waals surface area contributed by atoms with Crippen LogP contribution in [0.2, 0.25) is 0 Å². The summed E-state index contributed by atoms with van der Waals surface area (Å²) in [6, 6.07) is 6.87. The van der Waals surface area contributed by atoms with E-state index in [2.05, 4.69) is 31.2 Å². The zero-order valence-electron chi connectivity index (χ0n) is 11.5. The van der Waals surface area contributed by atoms with Gasteiger partial charge in [-0.3, -0.25) is 4.79 Å². The zero-order valence-corrected chi connectivity index (χ0v) is 11.5. The highest BCUT2D eigenvalue weighted by atomic mass is 16.1. The Bertz CT molecular complexity index is 596. The topological polar surface area (TPSA) is 17.1 Å². The number of allylic oxidation sites excluding steroid dienone is 2. The molecular weight excluding hydrogens is 232 g/mol. The number of carbonyl (C=O) groups excluding carboxylic acids is 1. The van der Waals surface area contributed by atoms with E-state index in [0.717, 1.165) is 32.1 Å². The first-order chi connectivity index (χ1) is 9.24. The van der Waals surface area contributed by atoms with E-state index in [1.807, 2.05) is 0 Å². The molecule has 1 nitrogen and oxygen atoms in total. The molecule has 1 fully saturated rings. The van der Waals surface area contributed by atoms with Gasteiger partial charge in [-0.2, -0.15) is 0 Å². The second kappa shape index (κ2) is 3.82. The van der Waals surface area contributed by atoms with Crippen LogP contribution in [0.4, 0.5) is 0 Å². The van der Waals surface area contributed by atoms with Gasteiger partial charge in [-0.05, 0) is 54.7 Å². The molecule has 3 aliphatic rings. The highest BCUT2D eigenvalue weighted by Crippen LogP contribution is 2.57. The molecule has 0 radical (unpaired) electrons. The Morgan fingerprint density at radius 2 is 2.21 bits per heavy atom. The molecule has 0 N–H and O–H groups in total. The molecule has 0 amide bonds. The van der Waals surface area contributed by atoms with Crippen LogP contribution in [0.25, 0.3) is 0 Å². The fraction of sp³-hybridized carbons (Fsp3) is 0.500. The van der Waals surface area contributed by atoms with Crippen molar-refractivity contribution in [3.8, 4) is 0 Å². The quantitative estimate of drug-likeness (QED) is 0.696. The highest BCUT2D eigenvalue weighted by molar-refractivity contribution is 5.94. The Balaban J connectivity index is 1.93. The fourth-order valence-electron chi connectivity index (χ4n) is 4.55. The third-order valence-corrected chi connectivity index (χ3v) is 5.58. The first kappa shape index (κ1) is 11.5. The third kappa shape index (κ3) is 1.39. The van der Waals surface area contributed by atoms with E-state index in [1.54, 1.807) is 0 Å². The normalized spacial score (nSPS) is 31.7. The predicted octanol–water partition coefficient (Wildman–Crippen LogP) is 3.74. The highest BCUT2D eigenvalue weighted by Gasteiger charge is 2.54. The smallest absolute Gasteiger partial charge is 0.144 e. The molecule has 98 valence electrons. The number of carbonyl (C=O) groups is 1. The van der Waals surface area contributed by atoms with E-state index < -0.39 is 0 Å². The molecule has 2 unspecified atom stereocenters. The maximum Gasteiger partial charge on any atom is 0.144 e. The minimum absolute atomic E-state index is 0.136. The molecule has 0 saturated heterocycles. The second-order valence-corrected chi connectivity index (χ2v) is 6.42. The van der Waals surface area contributed by atoms with Crippen LogP contribution in [0.3, 0.4) is 0 Å². The summed E-state index contributed by atoms with van der Waals surface area (Å²) in [7, 11) is 0. The average Bonchev–Trinajstić information content (AvgIpc) is 3.04. The molecule has 1 saturated carbocycles. The van der Waals surface area contributed by atoms with Crippen molar-refractivity contribution < 1.29 is 4.79 Å². The summed E-state index contributed by atoms with van der Waals surface area (Å²) in [6.07, 6.45) is 8.44. The van der Waals surface area contributed by atoms with Gasteiger partial charge < -0.3 is 0 Å². The first-order valence-corrected chi connectivity index (χ1v) is 7.57. The standard InChI is InChI=1S/C18H20O/c1-2-12-3-5-14-6-8-17(19)18(16(14)10-12)11-13-4-7-15(18)9-13/h3-5,10,15H,2,6-9,11H2,1H3. The maximum atomic E-state index is 12.7. The largest absolute Gasteiger partial charge is 0.299 e. The zero-order chi connectivity index (χ0) is 13.0. The lowest BCUT2D eigenvalue weighted by molar-refractivity contribution is -0.126. The van der Waals surface area contributed by atoms with Crippen LogP contribution in [-0.2, 0) is 23.1 Å². The minimum Gasteiger partial charge on any atom is -0.299 e. The molecule has 2 atom stereocenters. The van der Waals surface area contributed by atoms with Crippen LogP contribution in [0.5, 0.6) is 0 Å². The number of rotatable bonds is 1. The molecule has 19 heavy (non-hydrogen) atoms. The summed E-state index contributed by atoms with van der Waals surface area (Å²) in [5.74, 6) is 1.07. The third-order valence-electron chi connectivity index (χ3n) is 5.58. The van der Waals surface area contributed by atoms with Crippen LogP contribution in [-0.4, -0.2) is 5.78 Å². The molecule has 1 heteroatoms. The summed E-state index contributed by atoms with van der Waals surface area (Å²) in [5.41, 5.74) is 5.60. The van der Waals surface area contributed by atoms with Gasteiger partial charge in [-0.15, -0.1) is 0 Å². The summed E-state index contributed by atoms with van der Waals surface area (Å²) < 4.78 is 0. The fourth-order valence-corrected chi connectivity index (χ4v) is 4.55. The summed E-state index contributed by atoms with van der Waals surface area (Å²) in [5, 5.41) is 0. The number of benzene rings is 1. The van der Waals surface area contributed by atoms with E-state index in [9.17, 15) is 4.79 Å². The number of aryl methyl sites for hydroxylation is 2. The second-order valence-electron chi connectivity index (χ2n) is 6.42. The van der Waals surface area contributed by atoms with E-state index in [0.29, 0.717) is 11.7 Å². The predicted molar refractivity (Wildman–Crippen MR) is 76.3 cm³/mol. The van der Waals surface area contributed by atoms with E-state index in [4.69, 9.17) is 0 Å². The van der Waals surface area contributed by atoms with Crippen molar-refractivity contribution >= 4 is 5.78 Å². The van der Waals surface area contributed by atoms with Gasteiger partial charge in [0.2, 0.25) is 0 Å². The number of hydrogen-bond donors (Lipinski definition) is 0. The molecule has 3 aliphatic carbocycles. The Kier molecular flexibility index (Phi) is 2.30. The minimum atomic E-state index is -0.136. The van der Waals surface area contributed by atoms with Gasteiger partial charge in [0.25, 0.3) is 0 Å². The van der Waals surface area contributed by atoms with Crippen molar-refractivity contribution in [1.29, 1.82) is 0 Å². The van der Waals surface area contributed by atoms with Gasteiger partial charge >= 0.3 is 0 Å². The number of Topliss-reactive ketones (excluding diaryl/α,β-unsaturated/α-hetero) is 1. The Labute approximate surface area is 114 Å². The number of fused-ring (bicyclic) bond motifs is 5. The van der Waals surface area contributed by atoms with Crippen LogP contribution in [0, 0.1) is 5.92 Å². The molecule has 0 aromatic heterocycles. The van der Waals surface area contributed by atoms with Crippen LogP contribution in [0.1, 0.15) is 49.3 Å². The number of hydrogen-bond acceptors (Lipinski definition) is 1. The first-order valence-electron chi connectivity index (χ1n) is 7.57. The van der Waals surface area contributed by atoms with Crippen LogP contribution >= 0.6 is 0 Å². The van der Waals surface area contributed by atoms with Crippen molar-refractivity contribution in [2.45, 2.75) is 50.9 Å². The van der Waals surface area contributed by atoms with E-state index in [1.165, 1.54) is 28.7 Å².